The molecule has 0 aliphatic heterocycles. The molecule has 126 valence electrons. The van der Waals surface area contributed by atoms with Gasteiger partial charge in [0.2, 0.25) is 5.91 Å². The lowest BCUT2D eigenvalue weighted by atomic mass is 10.1. The highest BCUT2D eigenvalue weighted by molar-refractivity contribution is 6.32. The number of carbonyl (C=O) groups excluding carboxylic acids is 2. The number of hydrogen-bond donors (Lipinski definition) is 2. The average molecular weight is 347 g/mol. The zero-order chi connectivity index (χ0) is 17.7. The topological polar surface area (TPSA) is 69.6 Å². The lowest BCUT2D eigenvalue weighted by Crippen LogP contribution is -2.25. The number of nitrogens with zero attached hydrogens (tertiary/aromatic N) is 1. The Bertz CT molecular complexity index is 760. The third-order valence-corrected chi connectivity index (χ3v) is 3.75. The first-order valence-electron chi connectivity index (χ1n) is 7.41. The Morgan fingerprint density at radius 3 is 2.54 bits per heavy atom. The summed E-state index contributed by atoms with van der Waals surface area (Å²) in [7, 11) is 3.39. The summed E-state index contributed by atoms with van der Waals surface area (Å²) in [4.78, 5) is 25.5. The summed E-state index contributed by atoms with van der Waals surface area (Å²) in [5, 5.41) is 12.4. The maximum Gasteiger partial charge on any atom is 0.253 e. The number of phenols is 1. The van der Waals surface area contributed by atoms with Gasteiger partial charge in [-0.1, -0.05) is 29.8 Å². The number of carbonyl (C=O) groups is 2. The lowest BCUT2D eigenvalue weighted by Gasteiger charge is -2.11. The van der Waals surface area contributed by atoms with Crippen molar-refractivity contribution in [2.45, 2.75) is 13.0 Å². The van der Waals surface area contributed by atoms with Crippen molar-refractivity contribution in [3.63, 3.8) is 0 Å². The third kappa shape index (κ3) is 4.73. The van der Waals surface area contributed by atoms with E-state index < -0.39 is 0 Å². The van der Waals surface area contributed by atoms with E-state index in [1.807, 2.05) is 6.07 Å². The highest BCUT2D eigenvalue weighted by atomic mass is 35.5. The molecule has 6 heteroatoms. The van der Waals surface area contributed by atoms with Crippen molar-refractivity contribution < 1.29 is 14.7 Å². The van der Waals surface area contributed by atoms with Crippen LogP contribution in [0.2, 0.25) is 5.02 Å². The number of halogens is 1. The molecular formula is C18H19ClN2O3. The van der Waals surface area contributed by atoms with Crippen LogP contribution < -0.4 is 5.32 Å². The molecular weight excluding hydrogens is 328 g/mol. The summed E-state index contributed by atoms with van der Waals surface area (Å²) >= 11 is 5.83. The molecule has 0 radical (unpaired) electrons. The molecule has 2 rings (SSSR count). The van der Waals surface area contributed by atoms with Gasteiger partial charge < -0.3 is 15.3 Å². The van der Waals surface area contributed by atoms with Gasteiger partial charge in [-0.2, -0.15) is 0 Å². The van der Waals surface area contributed by atoms with Gasteiger partial charge in [0.1, 0.15) is 5.75 Å². The monoisotopic (exact) mass is 346 g/mol. The van der Waals surface area contributed by atoms with Gasteiger partial charge in [0, 0.05) is 26.2 Å². The number of phenolic OH excluding ortho intramolecular Hbond substituents is 1. The zero-order valence-electron chi connectivity index (χ0n) is 13.5. The smallest absolute Gasteiger partial charge is 0.253 e. The minimum absolute atomic E-state index is 0.0109. The average Bonchev–Trinajstić information content (AvgIpc) is 2.56. The van der Waals surface area contributed by atoms with Crippen LogP contribution in [0.5, 0.6) is 5.75 Å². The molecule has 24 heavy (non-hydrogen) atoms. The molecule has 0 aliphatic carbocycles. The number of nitrogens with one attached hydrogen (secondary N) is 1. The summed E-state index contributed by atoms with van der Waals surface area (Å²) in [6, 6.07) is 11.8. The minimum Gasteiger partial charge on any atom is -0.506 e. The quantitative estimate of drug-likeness (QED) is 0.874. The van der Waals surface area contributed by atoms with Crippen molar-refractivity contribution in [1.29, 1.82) is 0 Å². The molecule has 2 aromatic carbocycles. The maximum atomic E-state index is 12.0. The van der Waals surface area contributed by atoms with Gasteiger partial charge in [-0.3, -0.25) is 9.59 Å². The highest BCUT2D eigenvalue weighted by Gasteiger charge is 2.09. The van der Waals surface area contributed by atoms with Gasteiger partial charge in [-0.15, -0.1) is 0 Å². The molecule has 2 N–H and O–H groups in total. The summed E-state index contributed by atoms with van der Waals surface area (Å²) in [6.45, 7) is 0.333. The molecule has 0 aromatic heterocycles. The molecule has 0 spiro atoms. The van der Waals surface area contributed by atoms with Gasteiger partial charge in [-0.25, -0.2) is 0 Å². The molecule has 5 nitrogen and oxygen atoms in total. The van der Waals surface area contributed by atoms with Crippen molar-refractivity contribution in [1.82, 2.24) is 10.2 Å². The van der Waals surface area contributed by atoms with Crippen LogP contribution in [0.4, 0.5) is 0 Å². The van der Waals surface area contributed by atoms with Crippen LogP contribution in [0.25, 0.3) is 0 Å². The van der Waals surface area contributed by atoms with Gasteiger partial charge in [0.25, 0.3) is 5.91 Å². The van der Waals surface area contributed by atoms with Crippen molar-refractivity contribution in [2.75, 3.05) is 14.1 Å². The Morgan fingerprint density at radius 2 is 1.88 bits per heavy atom. The predicted octanol–water partition coefficient (Wildman–Crippen LogP) is 2.61. The molecule has 0 saturated carbocycles. The standard InChI is InChI=1S/C18H19ClN2O3/c1-21(2)18(24)14-5-3-4-13(8-14)11-20-17(23)10-12-6-7-16(22)15(19)9-12/h3-9,22H,10-11H2,1-2H3,(H,20,23). The van der Waals surface area contributed by atoms with Crippen molar-refractivity contribution in [3.8, 4) is 5.75 Å². The van der Waals surface area contributed by atoms with Crippen molar-refractivity contribution >= 4 is 23.4 Å². The molecule has 0 unspecified atom stereocenters. The van der Waals surface area contributed by atoms with Crippen LogP contribution in [-0.4, -0.2) is 35.9 Å². The number of amides is 2. The fraction of sp³-hybridized carbons (Fsp3) is 0.222. The van der Waals surface area contributed by atoms with Crippen LogP contribution >= 0.6 is 11.6 Å². The van der Waals surface area contributed by atoms with Crippen LogP contribution in [0.1, 0.15) is 21.5 Å². The summed E-state index contributed by atoms with van der Waals surface area (Å²) in [5.74, 6) is -0.258. The first-order valence-corrected chi connectivity index (χ1v) is 7.79. The first kappa shape index (κ1) is 17.8. The summed E-state index contributed by atoms with van der Waals surface area (Å²) < 4.78 is 0. The van der Waals surface area contributed by atoms with E-state index in [9.17, 15) is 14.7 Å². The van der Waals surface area contributed by atoms with E-state index in [0.29, 0.717) is 17.7 Å². The van der Waals surface area contributed by atoms with Crippen LogP contribution in [0, 0.1) is 0 Å². The summed E-state index contributed by atoms with van der Waals surface area (Å²) in [6.07, 6.45) is 0.163. The minimum atomic E-state index is -0.166. The molecule has 0 aliphatic rings. The van der Waals surface area contributed by atoms with Gasteiger partial charge in [0.05, 0.1) is 11.4 Å². The van der Waals surface area contributed by atoms with Crippen molar-refractivity contribution in [2.24, 2.45) is 0 Å². The molecule has 0 bridgehead atoms. The molecule has 2 amide bonds. The molecule has 0 heterocycles. The van der Waals surface area contributed by atoms with Gasteiger partial charge in [0.15, 0.2) is 0 Å². The zero-order valence-corrected chi connectivity index (χ0v) is 14.3. The highest BCUT2D eigenvalue weighted by Crippen LogP contribution is 2.23. The second kappa shape index (κ2) is 7.84. The number of aromatic hydroxyl groups is 1. The number of hydrogen-bond acceptors (Lipinski definition) is 3. The van der Waals surface area contributed by atoms with E-state index in [-0.39, 0.29) is 29.0 Å². The Labute approximate surface area is 145 Å². The largest absolute Gasteiger partial charge is 0.506 e. The Balaban J connectivity index is 1.95. The molecule has 0 fully saturated rings. The van der Waals surface area contributed by atoms with E-state index in [0.717, 1.165) is 5.56 Å². The van der Waals surface area contributed by atoms with Gasteiger partial charge in [-0.05, 0) is 35.4 Å². The Kier molecular flexibility index (Phi) is 5.82. The van der Waals surface area contributed by atoms with E-state index in [1.54, 1.807) is 44.4 Å². The van der Waals surface area contributed by atoms with Gasteiger partial charge >= 0.3 is 0 Å². The molecule has 0 atom stereocenters. The fourth-order valence-corrected chi connectivity index (χ4v) is 2.38. The normalized spacial score (nSPS) is 10.3. The number of rotatable bonds is 5. The third-order valence-electron chi connectivity index (χ3n) is 3.45. The van der Waals surface area contributed by atoms with Crippen LogP contribution in [0.3, 0.4) is 0 Å². The molecule has 0 saturated heterocycles. The Morgan fingerprint density at radius 1 is 1.12 bits per heavy atom. The first-order chi connectivity index (χ1) is 11.4. The lowest BCUT2D eigenvalue weighted by molar-refractivity contribution is -0.120. The number of benzene rings is 2. The van der Waals surface area contributed by atoms with E-state index in [1.165, 1.54) is 11.0 Å². The second-order valence-corrected chi connectivity index (χ2v) is 6.05. The summed E-state index contributed by atoms with van der Waals surface area (Å²) in [5.41, 5.74) is 2.14. The van der Waals surface area contributed by atoms with Crippen LogP contribution in [-0.2, 0) is 17.8 Å². The van der Waals surface area contributed by atoms with E-state index >= 15 is 0 Å². The Hall–Kier alpha value is -2.53. The molecule has 2 aromatic rings. The van der Waals surface area contributed by atoms with E-state index in [2.05, 4.69) is 5.32 Å². The van der Waals surface area contributed by atoms with E-state index in [4.69, 9.17) is 11.6 Å². The van der Waals surface area contributed by atoms with Crippen molar-refractivity contribution in [3.05, 3.63) is 64.2 Å². The fourth-order valence-electron chi connectivity index (χ4n) is 2.18. The second-order valence-electron chi connectivity index (χ2n) is 5.64. The maximum absolute atomic E-state index is 12.0. The predicted molar refractivity (Wildman–Crippen MR) is 93.1 cm³/mol. The SMILES string of the molecule is CN(C)C(=O)c1cccc(CNC(=O)Cc2ccc(O)c(Cl)c2)c1. The van der Waals surface area contributed by atoms with Crippen LogP contribution in [0.15, 0.2) is 42.5 Å².